The fraction of sp³-hybridized carbons (Fsp3) is 0.800. The van der Waals surface area contributed by atoms with Crippen molar-refractivity contribution in [2.45, 2.75) is 72.5 Å². The van der Waals surface area contributed by atoms with E-state index in [0.717, 1.165) is 0 Å². The normalized spacial score (nSPS) is 23.0. The first-order valence-corrected chi connectivity index (χ1v) is 9.94. The van der Waals surface area contributed by atoms with Crippen LogP contribution in [-0.4, -0.2) is 71.3 Å². The van der Waals surface area contributed by atoms with Crippen molar-refractivity contribution in [2.24, 2.45) is 11.3 Å². The molecule has 28 heavy (non-hydrogen) atoms. The first kappa shape index (κ1) is 22.2. The topological polar surface area (TPSA) is 96.0 Å². The monoisotopic (exact) mass is 395 g/mol. The Labute approximate surface area is 166 Å². The molecule has 0 aromatic rings. The van der Waals surface area contributed by atoms with Gasteiger partial charge >= 0.3 is 6.09 Å². The molecule has 2 heterocycles. The zero-order valence-electron chi connectivity index (χ0n) is 17.8. The maximum Gasteiger partial charge on any atom is 0.410 e. The SMILES string of the molecule is CC(=O)N[C@@H](CC(C)C)C(=O)N1CC[C@H]2[C@@H]1C(=O)CN2C(=O)OCC(C)(C)C. The van der Waals surface area contributed by atoms with E-state index in [1.165, 1.54) is 16.7 Å². The van der Waals surface area contributed by atoms with Crippen LogP contribution in [0.4, 0.5) is 4.79 Å². The molecule has 2 saturated heterocycles. The second-order valence-corrected chi connectivity index (χ2v) is 9.42. The van der Waals surface area contributed by atoms with Gasteiger partial charge in [0.25, 0.3) is 0 Å². The fourth-order valence-electron chi connectivity index (χ4n) is 3.82. The van der Waals surface area contributed by atoms with Gasteiger partial charge in [0.15, 0.2) is 5.78 Å². The van der Waals surface area contributed by atoms with E-state index < -0.39 is 18.2 Å². The molecule has 0 radical (unpaired) electrons. The number of nitrogens with one attached hydrogen (secondary N) is 1. The van der Waals surface area contributed by atoms with E-state index in [1.807, 2.05) is 34.6 Å². The molecule has 8 heteroatoms. The minimum absolute atomic E-state index is 0.0446. The fourth-order valence-corrected chi connectivity index (χ4v) is 3.82. The summed E-state index contributed by atoms with van der Waals surface area (Å²) in [6, 6.07) is -1.68. The zero-order valence-corrected chi connectivity index (χ0v) is 17.8. The Morgan fingerprint density at radius 2 is 1.86 bits per heavy atom. The van der Waals surface area contributed by atoms with Gasteiger partial charge in [-0.05, 0) is 24.2 Å². The van der Waals surface area contributed by atoms with Gasteiger partial charge in [-0.3, -0.25) is 19.3 Å². The minimum atomic E-state index is -0.661. The van der Waals surface area contributed by atoms with E-state index in [4.69, 9.17) is 4.74 Å². The Balaban J connectivity index is 2.10. The lowest BCUT2D eigenvalue weighted by molar-refractivity contribution is -0.140. The van der Waals surface area contributed by atoms with Crippen molar-refractivity contribution in [3.63, 3.8) is 0 Å². The van der Waals surface area contributed by atoms with Gasteiger partial charge < -0.3 is 15.0 Å². The molecule has 0 aromatic heterocycles. The van der Waals surface area contributed by atoms with E-state index in [9.17, 15) is 19.2 Å². The van der Waals surface area contributed by atoms with Crippen molar-refractivity contribution < 1.29 is 23.9 Å². The van der Waals surface area contributed by atoms with Crippen LogP contribution in [0.3, 0.4) is 0 Å². The number of nitrogens with zero attached hydrogens (tertiary/aromatic N) is 2. The highest BCUT2D eigenvalue weighted by molar-refractivity contribution is 5.98. The molecule has 2 rings (SSSR count). The van der Waals surface area contributed by atoms with Crippen LogP contribution in [0.25, 0.3) is 0 Å². The van der Waals surface area contributed by atoms with E-state index in [0.29, 0.717) is 19.4 Å². The van der Waals surface area contributed by atoms with Crippen molar-refractivity contribution in [2.75, 3.05) is 19.7 Å². The molecule has 8 nitrogen and oxygen atoms in total. The van der Waals surface area contributed by atoms with Gasteiger partial charge in [-0.2, -0.15) is 0 Å². The van der Waals surface area contributed by atoms with E-state index in [1.54, 1.807) is 0 Å². The highest BCUT2D eigenvalue weighted by Gasteiger charge is 2.52. The largest absolute Gasteiger partial charge is 0.449 e. The van der Waals surface area contributed by atoms with Gasteiger partial charge in [-0.15, -0.1) is 0 Å². The number of ketones is 1. The second kappa shape index (κ2) is 8.49. The molecule has 0 saturated carbocycles. The lowest BCUT2D eigenvalue weighted by atomic mass is 9.99. The number of hydrogen-bond donors (Lipinski definition) is 1. The van der Waals surface area contributed by atoms with Crippen molar-refractivity contribution in [3.05, 3.63) is 0 Å². The lowest BCUT2D eigenvalue weighted by Gasteiger charge is -2.29. The molecular weight excluding hydrogens is 362 g/mol. The summed E-state index contributed by atoms with van der Waals surface area (Å²) in [4.78, 5) is 52.7. The predicted octanol–water partition coefficient (Wildman–Crippen LogP) is 1.57. The van der Waals surface area contributed by atoms with Crippen LogP contribution in [-0.2, 0) is 19.1 Å². The Hall–Kier alpha value is -2.12. The summed E-state index contributed by atoms with van der Waals surface area (Å²) in [6.07, 6.45) is 0.518. The third kappa shape index (κ3) is 5.23. The number of Topliss-reactive ketones (excluding diaryl/α,β-unsaturated/α-hetero) is 1. The number of ether oxygens (including phenoxy) is 1. The van der Waals surface area contributed by atoms with E-state index >= 15 is 0 Å². The molecule has 2 aliphatic heterocycles. The predicted molar refractivity (Wildman–Crippen MR) is 103 cm³/mol. The summed E-state index contributed by atoms with van der Waals surface area (Å²) in [6.45, 7) is 11.8. The van der Waals surface area contributed by atoms with Crippen molar-refractivity contribution in [1.29, 1.82) is 0 Å². The van der Waals surface area contributed by atoms with Crippen molar-refractivity contribution in [1.82, 2.24) is 15.1 Å². The van der Waals surface area contributed by atoms with Crippen LogP contribution >= 0.6 is 0 Å². The molecule has 3 atom stereocenters. The highest BCUT2D eigenvalue weighted by Crippen LogP contribution is 2.31. The van der Waals surface area contributed by atoms with Gasteiger partial charge in [0.05, 0.1) is 19.2 Å². The number of carbonyl (C=O) groups is 4. The van der Waals surface area contributed by atoms with Gasteiger partial charge in [-0.25, -0.2) is 4.79 Å². The quantitative estimate of drug-likeness (QED) is 0.762. The number of carbonyl (C=O) groups excluding carboxylic acids is 4. The molecule has 3 amide bonds. The average Bonchev–Trinajstić information content (AvgIpc) is 3.11. The van der Waals surface area contributed by atoms with Crippen LogP contribution in [0.2, 0.25) is 0 Å². The van der Waals surface area contributed by atoms with Crippen LogP contribution < -0.4 is 5.32 Å². The van der Waals surface area contributed by atoms with E-state index in [2.05, 4.69) is 5.32 Å². The highest BCUT2D eigenvalue weighted by atomic mass is 16.6. The maximum atomic E-state index is 13.1. The molecule has 0 unspecified atom stereocenters. The number of rotatable bonds is 5. The Bertz CT molecular complexity index is 640. The molecule has 2 fully saturated rings. The molecule has 2 aliphatic rings. The molecule has 1 N–H and O–H groups in total. The Kier molecular flexibility index (Phi) is 6.72. The number of hydrogen-bond acceptors (Lipinski definition) is 5. The minimum Gasteiger partial charge on any atom is -0.449 e. The first-order valence-electron chi connectivity index (χ1n) is 9.94. The summed E-state index contributed by atoms with van der Waals surface area (Å²) in [5, 5.41) is 2.71. The second-order valence-electron chi connectivity index (χ2n) is 9.42. The molecular formula is C20H33N3O5. The summed E-state index contributed by atoms with van der Waals surface area (Å²) in [5.41, 5.74) is -0.168. The molecule has 0 spiro atoms. The Morgan fingerprint density at radius 1 is 1.21 bits per heavy atom. The average molecular weight is 396 g/mol. The van der Waals surface area contributed by atoms with Crippen LogP contribution in [0.1, 0.15) is 54.4 Å². The Morgan fingerprint density at radius 3 is 2.39 bits per heavy atom. The third-order valence-electron chi connectivity index (χ3n) is 4.95. The number of amides is 3. The van der Waals surface area contributed by atoms with Crippen LogP contribution in [0.5, 0.6) is 0 Å². The third-order valence-corrected chi connectivity index (χ3v) is 4.95. The van der Waals surface area contributed by atoms with E-state index in [-0.39, 0.29) is 48.1 Å². The first-order chi connectivity index (χ1) is 12.9. The number of fused-ring (bicyclic) bond motifs is 1. The van der Waals surface area contributed by atoms with Crippen LogP contribution in [0.15, 0.2) is 0 Å². The van der Waals surface area contributed by atoms with Gasteiger partial charge in [0.1, 0.15) is 12.1 Å². The summed E-state index contributed by atoms with van der Waals surface area (Å²) in [5.74, 6) is -0.480. The zero-order chi connectivity index (χ0) is 21.2. The van der Waals surface area contributed by atoms with Crippen molar-refractivity contribution in [3.8, 4) is 0 Å². The molecule has 0 bridgehead atoms. The molecule has 0 aliphatic carbocycles. The van der Waals surface area contributed by atoms with Gasteiger partial charge in [0, 0.05) is 13.5 Å². The van der Waals surface area contributed by atoms with Gasteiger partial charge in [-0.1, -0.05) is 34.6 Å². The smallest absolute Gasteiger partial charge is 0.410 e. The molecule has 0 aromatic carbocycles. The summed E-state index contributed by atoms with van der Waals surface area (Å²) in [7, 11) is 0. The standard InChI is InChI=1S/C20H33N3O5/c1-12(2)9-14(21-13(3)24)18(26)22-8-7-15-17(22)16(25)10-23(15)19(27)28-11-20(4,5)6/h12,14-15,17H,7-11H2,1-6H3,(H,21,24)/t14-,15-,17+/m0/s1. The molecule has 158 valence electrons. The summed E-state index contributed by atoms with van der Waals surface area (Å²) < 4.78 is 5.37. The maximum absolute atomic E-state index is 13.1. The van der Waals surface area contributed by atoms with Crippen LogP contribution in [0, 0.1) is 11.3 Å². The lowest BCUT2D eigenvalue weighted by Crippen LogP contribution is -2.52. The van der Waals surface area contributed by atoms with Crippen molar-refractivity contribution >= 4 is 23.7 Å². The van der Waals surface area contributed by atoms with Gasteiger partial charge in [0.2, 0.25) is 11.8 Å². The number of likely N-dealkylation sites (tertiary alicyclic amines) is 2. The summed E-state index contributed by atoms with van der Waals surface area (Å²) >= 11 is 0.